The van der Waals surface area contributed by atoms with E-state index in [0.717, 1.165) is 17.0 Å². The minimum atomic E-state index is -0.192. The smallest absolute Gasteiger partial charge is 0.240 e. The molecule has 0 fully saturated rings. The molecule has 0 bridgehead atoms. The minimum absolute atomic E-state index is 0.118. The summed E-state index contributed by atoms with van der Waals surface area (Å²) in [7, 11) is 3.18. The van der Waals surface area contributed by atoms with Crippen LogP contribution in [0.3, 0.4) is 0 Å². The maximum absolute atomic E-state index is 12.0. The van der Waals surface area contributed by atoms with Crippen LogP contribution in [0.1, 0.15) is 36.5 Å². The average Bonchev–Trinajstić information content (AvgIpc) is 3.20. The Kier molecular flexibility index (Phi) is 4.29. The van der Waals surface area contributed by atoms with Gasteiger partial charge < -0.3 is 13.9 Å². The molecule has 24 heavy (non-hydrogen) atoms. The summed E-state index contributed by atoms with van der Waals surface area (Å²) in [6.45, 7) is 3.39. The Balaban J connectivity index is 1.95. The van der Waals surface area contributed by atoms with Crippen LogP contribution >= 0.6 is 0 Å². The van der Waals surface area contributed by atoms with Crippen molar-refractivity contribution in [3.63, 3.8) is 0 Å². The first-order valence-electron chi connectivity index (χ1n) is 7.69. The molecule has 3 rings (SSSR count). The van der Waals surface area contributed by atoms with Gasteiger partial charge in [-0.1, -0.05) is 6.07 Å². The van der Waals surface area contributed by atoms with E-state index in [4.69, 9.17) is 13.9 Å². The maximum Gasteiger partial charge on any atom is 0.240 e. The second-order valence-corrected chi connectivity index (χ2v) is 5.65. The van der Waals surface area contributed by atoms with E-state index in [2.05, 4.69) is 5.10 Å². The molecule has 0 spiro atoms. The first-order valence-corrected chi connectivity index (χ1v) is 7.69. The van der Waals surface area contributed by atoms with Crippen LogP contribution in [-0.2, 0) is 4.79 Å². The molecular formula is C18H20N2O4. The standard InChI is InChI=1S/C18H20N2O4/c1-11-5-7-16(24-11)14-10-15(20(19-14)12(2)21)13-6-8-17(22-3)18(9-13)23-4/h5-9,15H,10H2,1-4H3/t15-/m1/s1. The number of methoxy groups -OCH3 is 2. The number of ether oxygens (including phenoxy) is 2. The minimum Gasteiger partial charge on any atom is -0.493 e. The van der Waals surface area contributed by atoms with Crippen molar-refractivity contribution in [1.29, 1.82) is 0 Å². The summed E-state index contributed by atoms with van der Waals surface area (Å²) in [4.78, 5) is 12.0. The summed E-state index contributed by atoms with van der Waals surface area (Å²) in [5.74, 6) is 2.67. The highest BCUT2D eigenvalue weighted by Gasteiger charge is 2.33. The van der Waals surface area contributed by atoms with E-state index in [-0.39, 0.29) is 11.9 Å². The van der Waals surface area contributed by atoms with E-state index in [0.29, 0.717) is 23.7 Å². The highest BCUT2D eigenvalue weighted by molar-refractivity contribution is 6.01. The number of aryl methyl sites for hydroxylation is 1. The van der Waals surface area contributed by atoms with Gasteiger partial charge in [0.15, 0.2) is 11.5 Å². The zero-order chi connectivity index (χ0) is 17.3. The molecule has 126 valence electrons. The molecule has 1 aromatic heterocycles. The molecule has 0 N–H and O–H groups in total. The Morgan fingerprint density at radius 2 is 1.96 bits per heavy atom. The SMILES string of the molecule is COc1ccc([C@H]2CC(c3ccc(C)o3)=NN2C(C)=O)cc1OC. The highest BCUT2D eigenvalue weighted by Crippen LogP contribution is 2.37. The van der Waals surface area contributed by atoms with Gasteiger partial charge in [0.25, 0.3) is 0 Å². The van der Waals surface area contributed by atoms with Crippen LogP contribution in [0.5, 0.6) is 11.5 Å². The molecule has 1 aliphatic heterocycles. The number of benzene rings is 1. The number of hydrogen-bond donors (Lipinski definition) is 0. The molecule has 0 aliphatic carbocycles. The third-order valence-corrected chi connectivity index (χ3v) is 4.05. The van der Waals surface area contributed by atoms with Crippen molar-refractivity contribution in [1.82, 2.24) is 5.01 Å². The van der Waals surface area contributed by atoms with E-state index in [1.807, 2.05) is 37.3 Å². The molecule has 1 atom stereocenters. The number of carbonyl (C=O) groups excluding carboxylic acids is 1. The van der Waals surface area contributed by atoms with Gasteiger partial charge in [-0.15, -0.1) is 0 Å². The Labute approximate surface area is 140 Å². The number of hydrazone groups is 1. The van der Waals surface area contributed by atoms with Crippen molar-refractivity contribution >= 4 is 11.6 Å². The lowest BCUT2D eigenvalue weighted by molar-refractivity contribution is -0.130. The molecule has 0 saturated carbocycles. The number of carbonyl (C=O) groups is 1. The van der Waals surface area contributed by atoms with E-state index in [1.165, 1.54) is 11.9 Å². The molecule has 2 aromatic rings. The molecule has 1 aliphatic rings. The molecule has 0 saturated heterocycles. The summed E-state index contributed by atoms with van der Waals surface area (Å²) < 4.78 is 16.3. The van der Waals surface area contributed by atoms with Gasteiger partial charge in [-0.05, 0) is 36.8 Å². The lowest BCUT2D eigenvalue weighted by Gasteiger charge is -2.21. The van der Waals surface area contributed by atoms with Crippen LogP contribution in [0, 0.1) is 6.92 Å². The number of hydrogen-bond acceptors (Lipinski definition) is 5. The maximum atomic E-state index is 12.0. The fraction of sp³-hybridized carbons (Fsp3) is 0.333. The molecule has 0 unspecified atom stereocenters. The normalized spacial score (nSPS) is 16.9. The van der Waals surface area contributed by atoms with Crippen LogP contribution in [0.4, 0.5) is 0 Å². The van der Waals surface area contributed by atoms with Gasteiger partial charge in [0.05, 0.1) is 20.3 Å². The van der Waals surface area contributed by atoms with Crippen LogP contribution in [0.15, 0.2) is 39.9 Å². The first kappa shape index (κ1) is 16.1. The van der Waals surface area contributed by atoms with Gasteiger partial charge in [-0.3, -0.25) is 4.79 Å². The number of rotatable bonds is 4. The summed E-state index contributed by atoms with van der Waals surface area (Å²) in [5.41, 5.74) is 1.70. The van der Waals surface area contributed by atoms with Crippen LogP contribution < -0.4 is 9.47 Å². The zero-order valence-corrected chi connectivity index (χ0v) is 14.2. The second kappa shape index (κ2) is 6.39. The molecule has 6 heteroatoms. The van der Waals surface area contributed by atoms with Crippen LogP contribution in [0.2, 0.25) is 0 Å². The van der Waals surface area contributed by atoms with Crippen molar-refractivity contribution in [2.45, 2.75) is 26.3 Å². The Morgan fingerprint density at radius 1 is 1.21 bits per heavy atom. The van der Waals surface area contributed by atoms with Gasteiger partial charge in [-0.2, -0.15) is 5.10 Å². The highest BCUT2D eigenvalue weighted by atomic mass is 16.5. The van der Waals surface area contributed by atoms with Gasteiger partial charge >= 0.3 is 0 Å². The van der Waals surface area contributed by atoms with Crippen molar-refractivity contribution in [2.75, 3.05) is 14.2 Å². The molecule has 0 radical (unpaired) electrons. The summed E-state index contributed by atoms with van der Waals surface area (Å²) in [6, 6.07) is 9.21. The number of amides is 1. The van der Waals surface area contributed by atoms with Gasteiger partial charge in [0.1, 0.15) is 17.2 Å². The van der Waals surface area contributed by atoms with E-state index >= 15 is 0 Å². The average molecular weight is 328 g/mol. The van der Waals surface area contributed by atoms with Crippen molar-refractivity contribution in [3.8, 4) is 11.5 Å². The van der Waals surface area contributed by atoms with Crippen molar-refractivity contribution in [3.05, 3.63) is 47.4 Å². The van der Waals surface area contributed by atoms with Crippen LogP contribution in [0.25, 0.3) is 0 Å². The first-order chi connectivity index (χ1) is 11.5. The van der Waals surface area contributed by atoms with Crippen molar-refractivity contribution in [2.24, 2.45) is 5.10 Å². The van der Waals surface area contributed by atoms with E-state index in [1.54, 1.807) is 14.2 Å². The quantitative estimate of drug-likeness (QED) is 0.864. The van der Waals surface area contributed by atoms with Gasteiger partial charge in [0, 0.05) is 13.3 Å². The van der Waals surface area contributed by atoms with Gasteiger partial charge in [0.2, 0.25) is 5.91 Å². The summed E-state index contributed by atoms with van der Waals surface area (Å²) >= 11 is 0. The lowest BCUT2D eigenvalue weighted by Crippen LogP contribution is -2.24. The Bertz CT molecular complexity index is 794. The molecule has 1 aromatic carbocycles. The fourth-order valence-corrected chi connectivity index (χ4v) is 2.86. The number of nitrogens with zero attached hydrogens (tertiary/aromatic N) is 2. The van der Waals surface area contributed by atoms with E-state index < -0.39 is 0 Å². The van der Waals surface area contributed by atoms with Crippen LogP contribution in [-0.4, -0.2) is 30.8 Å². The van der Waals surface area contributed by atoms with Crippen molar-refractivity contribution < 1.29 is 18.7 Å². The summed E-state index contributed by atoms with van der Waals surface area (Å²) in [5, 5.41) is 5.96. The molecule has 2 heterocycles. The molecule has 1 amide bonds. The monoisotopic (exact) mass is 328 g/mol. The molecular weight excluding hydrogens is 308 g/mol. The Hall–Kier alpha value is -2.76. The number of furan rings is 1. The zero-order valence-electron chi connectivity index (χ0n) is 14.2. The Morgan fingerprint density at radius 3 is 2.54 bits per heavy atom. The largest absolute Gasteiger partial charge is 0.493 e. The second-order valence-electron chi connectivity index (χ2n) is 5.65. The van der Waals surface area contributed by atoms with E-state index in [9.17, 15) is 4.79 Å². The predicted molar refractivity (Wildman–Crippen MR) is 89.4 cm³/mol. The summed E-state index contributed by atoms with van der Waals surface area (Å²) in [6.07, 6.45) is 0.585. The predicted octanol–water partition coefficient (Wildman–Crippen LogP) is 3.30. The topological polar surface area (TPSA) is 64.3 Å². The third-order valence-electron chi connectivity index (χ3n) is 4.05. The van der Waals surface area contributed by atoms with Gasteiger partial charge in [-0.25, -0.2) is 5.01 Å². The fourth-order valence-electron chi connectivity index (χ4n) is 2.86. The lowest BCUT2D eigenvalue weighted by atomic mass is 10.0. The molecule has 6 nitrogen and oxygen atoms in total. The third kappa shape index (κ3) is 2.87.